The van der Waals surface area contributed by atoms with Crippen molar-refractivity contribution in [2.75, 3.05) is 6.54 Å². The van der Waals surface area contributed by atoms with Gasteiger partial charge in [-0.25, -0.2) is 4.39 Å². The molecule has 1 amide bonds. The number of benzene rings is 2. The molecule has 0 spiro atoms. The van der Waals surface area contributed by atoms with Crippen molar-refractivity contribution in [3.05, 3.63) is 71.0 Å². The Kier molecular flexibility index (Phi) is 3.26. The summed E-state index contributed by atoms with van der Waals surface area (Å²) >= 11 is 0. The van der Waals surface area contributed by atoms with Crippen LogP contribution in [0.15, 0.2) is 48.5 Å². The van der Waals surface area contributed by atoms with Crippen LogP contribution in [0.3, 0.4) is 0 Å². The molecule has 0 aromatic heterocycles. The monoisotopic (exact) mass is 269 g/mol. The zero-order valence-electron chi connectivity index (χ0n) is 11.3. The molecule has 1 aliphatic rings. The minimum Gasteiger partial charge on any atom is -0.331 e. The first kappa shape index (κ1) is 12.9. The largest absolute Gasteiger partial charge is 0.331 e. The average Bonchev–Trinajstić information content (AvgIpc) is 2.46. The van der Waals surface area contributed by atoms with Gasteiger partial charge in [0.05, 0.1) is 6.04 Å². The zero-order valence-corrected chi connectivity index (χ0v) is 11.3. The van der Waals surface area contributed by atoms with Gasteiger partial charge in [-0.1, -0.05) is 36.4 Å². The Morgan fingerprint density at radius 2 is 2.00 bits per heavy atom. The molecule has 2 nitrogen and oxygen atoms in total. The summed E-state index contributed by atoms with van der Waals surface area (Å²) in [7, 11) is 0. The first-order chi connectivity index (χ1) is 9.66. The molecule has 20 heavy (non-hydrogen) atoms. The molecule has 2 aromatic carbocycles. The topological polar surface area (TPSA) is 20.3 Å². The van der Waals surface area contributed by atoms with Gasteiger partial charge in [0.25, 0.3) is 0 Å². The molecule has 0 fully saturated rings. The highest BCUT2D eigenvalue weighted by molar-refractivity contribution is 5.75. The number of carbonyl (C=O) groups is 1. The van der Waals surface area contributed by atoms with Crippen molar-refractivity contribution in [2.45, 2.75) is 19.4 Å². The second kappa shape index (κ2) is 5.08. The summed E-state index contributed by atoms with van der Waals surface area (Å²) in [5, 5.41) is 0. The number of nitrogens with zero attached hydrogens (tertiary/aromatic N) is 1. The van der Waals surface area contributed by atoms with Crippen LogP contribution in [0.1, 0.15) is 29.7 Å². The molecule has 1 aliphatic heterocycles. The van der Waals surface area contributed by atoms with E-state index in [1.165, 1.54) is 17.7 Å². The second-order valence-electron chi connectivity index (χ2n) is 5.12. The van der Waals surface area contributed by atoms with Crippen molar-refractivity contribution >= 4 is 5.91 Å². The number of halogens is 1. The third-order valence-electron chi connectivity index (χ3n) is 3.85. The minimum absolute atomic E-state index is 0.0220. The van der Waals surface area contributed by atoms with Gasteiger partial charge >= 0.3 is 0 Å². The Hall–Kier alpha value is -2.16. The van der Waals surface area contributed by atoms with Crippen LogP contribution in [0, 0.1) is 5.82 Å². The summed E-state index contributed by atoms with van der Waals surface area (Å²) in [5.74, 6) is -0.247. The van der Waals surface area contributed by atoms with Crippen molar-refractivity contribution in [1.29, 1.82) is 0 Å². The Morgan fingerprint density at radius 3 is 2.75 bits per heavy atom. The molecule has 2 aromatic rings. The number of hydrogen-bond acceptors (Lipinski definition) is 1. The number of rotatable bonds is 1. The summed E-state index contributed by atoms with van der Waals surface area (Å²) in [6.07, 6.45) is 0.849. The van der Waals surface area contributed by atoms with Gasteiger partial charge in [0.15, 0.2) is 0 Å². The Balaban J connectivity index is 2.14. The maximum atomic E-state index is 13.5. The molecular formula is C17H16FNO. The number of fused-ring (bicyclic) bond motifs is 1. The summed E-state index contributed by atoms with van der Waals surface area (Å²) in [5.41, 5.74) is 3.16. The van der Waals surface area contributed by atoms with Gasteiger partial charge in [-0.2, -0.15) is 0 Å². The summed E-state index contributed by atoms with van der Waals surface area (Å²) in [6, 6.07) is 14.4. The lowest BCUT2D eigenvalue weighted by Crippen LogP contribution is -2.39. The van der Waals surface area contributed by atoms with Crippen LogP contribution in [0.25, 0.3) is 0 Å². The molecule has 0 bridgehead atoms. The third-order valence-corrected chi connectivity index (χ3v) is 3.85. The fourth-order valence-electron chi connectivity index (χ4n) is 2.94. The molecule has 1 atom stereocenters. The molecule has 0 aliphatic carbocycles. The second-order valence-corrected chi connectivity index (χ2v) is 5.12. The van der Waals surface area contributed by atoms with Crippen LogP contribution < -0.4 is 0 Å². The van der Waals surface area contributed by atoms with Gasteiger partial charge in [0.1, 0.15) is 5.82 Å². The van der Waals surface area contributed by atoms with Crippen molar-refractivity contribution in [2.24, 2.45) is 0 Å². The predicted molar refractivity (Wildman–Crippen MR) is 75.8 cm³/mol. The first-order valence-electron chi connectivity index (χ1n) is 6.77. The van der Waals surface area contributed by atoms with Crippen LogP contribution in [-0.2, 0) is 11.2 Å². The van der Waals surface area contributed by atoms with E-state index >= 15 is 0 Å². The van der Waals surface area contributed by atoms with Gasteiger partial charge in [-0.3, -0.25) is 4.79 Å². The predicted octanol–water partition coefficient (Wildman–Crippen LogP) is 3.32. The molecule has 102 valence electrons. The summed E-state index contributed by atoms with van der Waals surface area (Å²) in [6.45, 7) is 2.24. The van der Waals surface area contributed by atoms with E-state index < -0.39 is 0 Å². The molecular weight excluding hydrogens is 253 g/mol. The quantitative estimate of drug-likeness (QED) is 0.777. The summed E-state index contributed by atoms with van der Waals surface area (Å²) < 4.78 is 13.5. The van der Waals surface area contributed by atoms with Crippen LogP contribution in [0.4, 0.5) is 4.39 Å². The van der Waals surface area contributed by atoms with Crippen LogP contribution in [-0.4, -0.2) is 17.4 Å². The van der Waals surface area contributed by atoms with E-state index in [9.17, 15) is 9.18 Å². The fraction of sp³-hybridized carbons (Fsp3) is 0.235. The molecule has 3 heteroatoms. The number of carbonyl (C=O) groups excluding carboxylic acids is 1. The lowest BCUT2D eigenvalue weighted by molar-refractivity contribution is -0.130. The van der Waals surface area contributed by atoms with E-state index in [0.717, 1.165) is 17.5 Å². The normalized spacial score (nSPS) is 17.7. The average molecular weight is 269 g/mol. The highest BCUT2D eigenvalue weighted by Gasteiger charge is 2.30. The van der Waals surface area contributed by atoms with E-state index in [2.05, 4.69) is 6.07 Å². The van der Waals surface area contributed by atoms with Crippen molar-refractivity contribution in [3.8, 4) is 0 Å². The molecule has 0 saturated heterocycles. The standard InChI is InChI=1S/C17H16FNO/c1-12(20)19-10-9-13-5-2-3-8-16(13)17(19)14-6-4-7-15(18)11-14/h2-8,11,17H,9-10H2,1H3. The van der Waals surface area contributed by atoms with Gasteiger partial charge < -0.3 is 4.90 Å². The van der Waals surface area contributed by atoms with Crippen LogP contribution in [0.2, 0.25) is 0 Å². The molecule has 3 rings (SSSR count). The highest BCUT2D eigenvalue weighted by atomic mass is 19.1. The van der Waals surface area contributed by atoms with Crippen molar-refractivity contribution in [1.82, 2.24) is 4.90 Å². The molecule has 0 N–H and O–H groups in total. The molecule has 1 heterocycles. The van der Waals surface area contributed by atoms with E-state index in [1.807, 2.05) is 29.2 Å². The third kappa shape index (κ3) is 2.20. The van der Waals surface area contributed by atoms with E-state index in [4.69, 9.17) is 0 Å². The smallest absolute Gasteiger partial charge is 0.220 e. The van der Waals surface area contributed by atoms with E-state index in [1.54, 1.807) is 13.0 Å². The molecule has 0 radical (unpaired) electrons. The zero-order chi connectivity index (χ0) is 14.1. The highest BCUT2D eigenvalue weighted by Crippen LogP contribution is 2.35. The van der Waals surface area contributed by atoms with Crippen molar-refractivity contribution in [3.63, 3.8) is 0 Å². The first-order valence-corrected chi connectivity index (χ1v) is 6.77. The fourth-order valence-corrected chi connectivity index (χ4v) is 2.94. The SMILES string of the molecule is CC(=O)N1CCc2ccccc2C1c1cccc(F)c1. The number of hydrogen-bond donors (Lipinski definition) is 0. The minimum atomic E-state index is -0.269. The Morgan fingerprint density at radius 1 is 1.20 bits per heavy atom. The van der Waals surface area contributed by atoms with Gasteiger partial charge in [0, 0.05) is 13.5 Å². The maximum absolute atomic E-state index is 13.5. The van der Waals surface area contributed by atoms with E-state index in [0.29, 0.717) is 6.54 Å². The van der Waals surface area contributed by atoms with Crippen LogP contribution in [0.5, 0.6) is 0 Å². The molecule has 0 saturated carbocycles. The van der Waals surface area contributed by atoms with E-state index in [-0.39, 0.29) is 17.8 Å². The summed E-state index contributed by atoms with van der Waals surface area (Å²) in [4.78, 5) is 13.7. The lowest BCUT2D eigenvalue weighted by Gasteiger charge is -2.37. The number of amides is 1. The molecule has 1 unspecified atom stereocenters. The Bertz CT molecular complexity index is 653. The van der Waals surface area contributed by atoms with Crippen LogP contribution >= 0.6 is 0 Å². The maximum Gasteiger partial charge on any atom is 0.220 e. The van der Waals surface area contributed by atoms with Gasteiger partial charge in [0.2, 0.25) is 5.91 Å². The van der Waals surface area contributed by atoms with Gasteiger partial charge in [-0.05, 0) is 35.2 Å². The Labute approximate surface area is 117 Å². The lowest BCUT2D eigenvalue weighted by atomic mass is 9.88. The van der Waals surface area contributed by atoms with Crippen molar-refractivity contribution < 1.29 is 9.18 Å². The van der Waals surface area contributed by atoms with Gasteiger partial charge in [-0.15, -0.1) is 0 Å².